The Morgan fingerprint density at radius 2 is 2.14 bits per heavy atom. The zero-order valence-corrected chi connectivity index (χ0v) is 17.6. The third-order valence-corrected chi connectivity index (χ3v) is 6.11. The molecule has 8 nitrogen and oxygen atoms in total. The molecule has 0 saturated heterocycles. The van der Waals surface area contributed by atoms with Crippen LogP contribution >= 0.6 is 11.3 Å². The molecule has 7 N–H and O–H groups in total. The molecule has 3 rings (SSSR count). The molecule has 1 saturated carbocycles. The number of fused-ring (bicyclic) bond motifs is 1. The molecule has 1 aliphatic rings. The number of pyridine rings is 1. The first-order valence-electron chi connectivity index (χ1n) is 9.86. The van der Waals surface area contributed by atoms with Gasteiger partial charge in [0, 0.05) is 35.2 Å². The second-order valence-corrected chi connectivity index (χ2v) is 8.04. The van der Waals surface area contributed by atoms with Crippen LogP contribution in [0.15, 0.2) is 40.5 Å². The van der Waals surface area contributed by atoms with Gasteiger partial charge in [-0.25, -0.2) is 9.98 Å². The first-order valence-corrected chi connectivity index (χ1v) is 10.7. The Labute approximate surface area is 174 Å². The highest BCUT2D eigenvalue weighted by Gasteiger charge is 2.25. The maximum absolute atomic E-state index is 11.9. The topological polar surface area (TPSA) is 130 Å². The minimum atomic E-state index is -0.630. The number of aliphatic imine (C=N–C) groups is 1. The van der Waals surface area contributed by atoms with E-state index in [1.807, 2.05) is 31.5 Å². The summed E-state index contributed by atoms with van der Waals surface area (Å²) in [4.78, 5) is 21.9. The molecule has 9 heteroatoms. The number of hydrogen-bond donors (Lipinski definition) is 5. The van der Waals surface area contributed by atoms with E-state index in [-0.39, 0.29) is 11.7 Å². The predicted octanol–water partition coefficient (Wildman–Crippen LogP) is 1.90. The van der Waals surface area contributed by atoms with E-state index in [1.54, 1.807) is 6.20 Å². The first kappa shape index (κ1) is 21.2. The monoisotopic (exact) mass is 415 g/mol. The zero-order valence-electron chi connectivity index (χ0n) is 16.8. The molecule has 1 amide bonds. The van der Waals surface area contributed by atoms with Crippen LogP contribution in [0.4, 0.5) is 5.69 Å². The lowest BCUT2D eigenvalue weighted by atomic mass is 9.90. The molecule has 2 aromatic heterocycles. The van der Waals surface area contributed by atoms with E-state index in [0.717, 1.165) is 28.7 Å². The van der Waals surface area contributed by atoms with Crippen molar-refractivity contribution in [2.24, 2.45) is 16.5 Å². The summed E-state index contributed by atoms with van der Waals surface area (Å²) in [5.41, 5.74) is 12.2. The third-order valence-electron chi connectivity index (χ3n) is 5.20. The Morgan fingerprint density at radius 1 is 1.38 bits per heavy atom. The molecule has 1 aliphatic carbocycles. The van der Waals surface area contributed by atoms with Gasteiger partial charge in [0.05, 0.1) is 17.4 Å². The van der Waals surface area contributed by atoms with Crippen LogP contribution in [-0.4, -0.2) is 42.0 Å². The van der Waals surface area contributed by atoms with Crippen LogP contribution in [0.5, 0.6) is 0 Å². The van der Waals surface area contributed by atoms with E-state index < -0.39 is 5.91 Å². The molecule has 2 heterocycles. The summed E-state index contributed by atoms with van der Waals surface area (Å²) in [6.45, 7) is 1.96. The molecule has 2 aromatic rings. The van der Waals surface area contributed by atoms with E-state index in [2.05, 4.69) is 20.9 Å². The lowest BCUT2D eigenvalue weighted by molar-refractivity contribution is -0.114. The second-order valence-electron chi connectivity index (χ2n) is 7.18. The summed E-state index contributed by atoms with van der Waals surface area (Å²) in [6.07, 6.45) is 7.37. The smallest absolute Gasteiger partial charge is 0.253 e. The van der Waals surface area contributed by atoms with Gasteiger partial charge in [-0.1, -0.05) is 12.8 Å². The highest BCUT2D eigenvalue weighted by Crippen LogP contribution is 2.28. The normalized spacial score (nSPS) is 21.9. The Kier molecular flexibility index (Phi) is 7.18. The molecule has 1 fully saturated rings. The number of aromatic nitrogens is 1. The molecule has 0 bridgehead atoms. The van der Waals surface area contributed by atoms with Gasteiger partial charge in [0.2, 0.25) is 0 Å². The van der Waals surface area contributed by atoms with Gasteiger partial charge in [0.1, 0.15) is 10.7 Å². The van der Waals surface area contributed by atoms with Gasteiger partial charge in [0.15, 0.2) is 0 Å². The molecule has 0 spiro atoms. The minimum absolute atomic E-state index is 0.149. The molecule has 0 radical (unpaired) electrons. The summed E-state index contributed by atoms with van der Waals surface area (Å²) >= 11 is 1.51. The Morgan fingerprint density at radius 3 is 2.83 bits per heavy atom. The van der Waals surface area contributed by atoms with Crippen molar-refractivity contribution in [1.82, 2.24) is 15.6 Å². The van der Waals surface area contributed by atoms with Crippen LogP contribution < -0.4 is 27.4 Å². The van der Waals surface area contributed by atoms with Crippen molar-refractivity contribution in [2.75, 3.05) is 12.4 Å². The number of amidine groups is 1. The standard InChI is InChI=1S/C20H29N7OS/c1-12(25-16-8-4-3-7-15(16)23-2)26-19(14(10-21)18(22)28)27-17-11-29-20-13(17)6-5-9-24-20/h5-6,9-12,15-16,23,25H,3-4,7-8,21H2,1-2H3,(H2,22,28)(H,26,27)/b14-10-/t12?,15-,16+/m0/s1. The highest BCUT2D eigenvalue weighted by atomic mass is 32.1. The lowest BCUT2D eigenvalue weighted by Gasteiger charge is -2.33. The van der Waals surface area contributed by atoms with Gasteiger partial charge in [-0.2, -0.15) is 0 Å². The Hall–Kier alpha value is -2.49. The number of nitrogens with zero attached hydrogens (tertiary/aromatic N) is 2. The van der Waals surface area contributed by atoms with Crippen molar-refractivity contribution in [1.29, 1.82) is 0 Å². The summed E-state index contributed by atoms with van der Waals surface area (Å²) in [6, 6.07) is 4.57. The van der Waals surface area contributed by atoms with E-state index in [4.69, 9.17) is 16.5 Å². The largest absolute Gasteiger partial charge is 0.404 e. The minimum Gasteiger partial charge on any atom is -0.404 e. The summed E-state index contributed by atoms with van der Waals surface area (Å²) in [5, 5.41) is 13.1. The highest BCUT2D eigenvalue weighted by molar-refractivity contribution is 7.17. The van der Waals surface area contributed by atoms with Crippen LogP contribution in [0, 0.1) is 0 Å². The molecule has 1 unspecified atom stereocenters. The van der Waals surface area contributed by atoms with Gasteiger partial charge in [-0.05, 0) is 38.9 Å². The summed E-state index contributed by atoms with van der Waals surface area (Å²) in [5.74, 6) is -0.283. The fourth-order valence-corrected chi connectivity index (χ4v) is 4.60. The molecule has 156 valence electrons. The average molecular weight is 416 g/mol. The number of nitrogens with two attached hydrogens (primary N) is 2. The lowest BCUT2D eigenvalue weighted by Crippen LogP contribution is -2.51. The SMILES string of the molecule is CN[C@H]1CCCC[C@H]1NC(C)N=C(Nc1csc2ncccc12)/C(=C\N)C(N)=O. The number of carbonyl (C=O) groups is 1. The van der Waals surface area contributed by atoms with Crippen LogP contribution in [-0.2, 0) is 4.79 Å². The van der Waals surface area contributed by atoms with Crippen molar-refractivity contribution in [3.8, 4) is 0 Å². The molecular formula is C20H29N7OS. The van der Waals surface area contributed by atoms with Crippen molar-refractivity contribution in [2.45, 2.75) is 50.9 Å². The number of likely N-dealkylation sites (N-methyl/N-ethyl adjacent to an activating group) is 1. The second kappa shape index (κ2) is 9.82. The van der Waals surface area contributed by atoms with Crippen LogP contribution in [0.1, 0.15) is 32.6 Å². The van der Waals surface area contributed by atoms with Crippen molar-refractivity contribution >= 4 is 39.0 Å². The Balaban J connectivity index is 1.85. The van der Waals surface area contributed by atoms with Gasteiger partial charge in [-0.15, -0.1) is 11.3 Å². The number of anilines is 1. The third kappa shape index (κ3) is 5.11. The van der Waals surface area contributed by atoms with Crippen LogP contribution in [0.2, 0.25) is 0 Å². The quantitative estimate of drug-likeness (QED) is 0.267. The zero-order chi connectivity index (χ0) is 20.8. The molecule has 3 atom stereocenters. The maximum atomic E-state index is 11.9. The van der Waals surface area contributed by atoms with Crippen molar-refractivity contribution in [3.05, 3.63) is 35.5 Å². The fourth-order valence-electron chi connectivity index (χ4n) is 3.76. The van der Waals surface area contributed by atoms with E-state index in [9.17, 15) is 4.79 Å². The molecule has 0 aliphatic heterocycles. The molecule has 29 heavy (non-hydrogen) atoms. The van der Waals surface area contributed by atoms with E-state index in [0.29, 0.717) is 17.9 Å². The summed E-state index contributed by atoms with van der Waals surface area (Å²) in [7, 11) is 1.99. The van der Waals surface area contributed by atoms with Crippen LogP contribution in [0.25, 0.3) is 10.2 Å². The number of carbonyl (C=O) groups excluding carboxylic acids is 1. The van der Waals surface area contributed by atoms with E-state index in [1.165, 1.54) is 30.4 Å². The summed E-state index contributed by atoms with van der Waals surface area (Å²) < 4.78 is 0. The first-order chi connectivity index (χ1) is 14.0. The van der Waals surface area contributed by atoms with E-state index >= 15 is 0 Å². The van der Waals surface area contributed by atoms with Crippen molar-refractivity contribution < 1.29 is 4.79 Å². The number of thiophene rings is 1. The fraction of sp³-hybridized carbons (Fsp3) is 0.450. The van der Waals surface area contributed by atoms with Gasteiger partial charge >= 0.3 is 0 Å². The molecular weight excluding hydrogens is 386 g/mol. The van der Waals surface area contributed by atoms with Crippen molar-refractivity contribution in [3.63, 3.8) is 0 Å². The number of nitrogens with one attached hydrogen (secondary N) is 3. The average Bonchev–Trinajstić information content (AvgIpc) is 3.11. The van der Waals surface area contributed by atoms with Crippen LogP contribution in [0.3, 0.4) is 0 Å². The van der Waals surface area contributed by atoms with Gasteiger partial charge in [-0.3, -0.25) is 10.1 Å². The molecule has 0 aromatic carbocycles. The number of amides is 1. The number of primary amides is 1. The van der Waals surface area contributed by atoms with Gasteiger partial charge < -0.3 is 22.1 Å². The number of rotatable bonds is 7. The number of hydrogen-bond acceptors (Lipinski definition) is 7. The Bertz CT molecular complexity index is 907. The maximum Gasteiger partial charge on any atom is 0.253 e. The van der Waals surface area contributed by atoms with Gasteiger partial charge in [0.25, 0.3) is 5.91 Å². The predicted molar refractivity (Wildman–Crippen MR) is 120 cm³/mol.